The lowest BCUT2D eigenvalue weighted by Crippen LogP contribution is -2.10. The van der Waals surface area contributed by atoms with E-state index < -0.39 is 0 Å². The fourth-order valence-corrected chi connectivity index (χ4v) is 1.25. The molecule has 0 aliphatic heterocycles. The van der Waals surface area contributed by atoms with Gasteiger partial charge in [-0.05, 0) is 12.1 Å². The number of fused-ring (bicyclic) bond motifs is 1. The van der Waals surface area contributed by atoms with E-state index in [9.17, 15) is 0 Å². The van der Waals surface area contributed by atoms with E-state index in [0.29, 0.717) is 0 Å². The summed E-state index contributed by atoms with van der Waals surface area (Å²) in [4.78, 5) is 6.30. The molecule has 0 amide bonds. The summed E-state index contributed by atoms with van der Waals surface area (Å²) in [6.07, 6.45) is 3.88. The van der Waals surface area contributed by atoms with Gasteiger partial charge in [0.25, 0.3) is 0 Å². The molecule has 2 aromatic heterocycles. The maximum absolute atomic E-state index is 4.26. The van der Waals surface area contributed by atoms with Crippen molar-refractivity contribution < 1.29 is 0 Å². The predicted octanol–water partition coefficient (Wildman–Crippen LogP) is 1.40. The molecule has 3 nitrogen and oxygen atoms in total. The third kappa shape index (κ3) is 0.942. The SMILES string of the molecule is CN(C)c1cnc2ccccn12. The molecule has 0 saturated carbocycles. The summed E-state index contributed by atoms with van der Waals surface area (Å²) >= 11 is 0. The van der Waals surface area contributed by atoms with Crippen LogP contribution in [0.2, 0.25) is 0 Å². The Morgan fingerprint density at radius 2 is 2.17 bits per heavy atom. The number of hydrogen-bond acceptors (Lipinski definition) is 2. The van der Waals surface area contributed by atoms with Crippen LogP contribution in [-0.4, -0.2) is 23.5 Å². The van der Waals surface area contributed by atoms with E-state index in [2.05, 4.69) is 9.38 Å². The Balaban J connectivity index is 2.70. The standard InChI is InChI=1S/C9H11N3/c1-11(2)9-7-10-8-5-3-4-6-12(8)9/h3-7H,1-2H3. The minimum absolute atomic E-state index is 0.987. The summed E-state index contributed by atoms with van der Waals surface area (Å²) in [6.45, 7) is 0. The summed E-state index contributed by atoms with van der Waals surface area (Å²) < 4.78 is 2.06. The van der Waals surface area contributed by atoms with Gasteiger partial charge < -0.3 is 4.90 Å². The van der Waals surface area contributed by atoms with Gasteiger partial charge in [0.05, 0.1) is 6.20 Å². The average molecular weight is 161 g/mol. The maximum Gasteiger partial charge on any atom is 0.138 e. The number of pyridine rings is 1. The van der Waals surface area contributed by atoms with Crippen molar-refractivity contribution in [3.05, 3.63) is 30.6 Å². The highest BCUT2D eigenvalue weighted by molar-refractivity contribution is 5.50. The molecule has 0 radical (unpaired) electrons. The average Bonchev–Trinajstić information content (AvgIpc) is 2.47. The smallest absolute Gasteiger partial charge is 0.138 e. The topological polar surface area (TPSA) is 20.5 Å². The molecule has 2 rings (SSSR count). The zero-order valence-corrected chi connectivity index (χ0v) is 7.23. The minimum atomic E-state index is 0.987. The number of aromatic nitrogens is 2. The molecule has 12 heavy (non-hydrogen) atoms. The van der Waals surface area contributed by atoms with Gasteiger partial charge >= 0.3 is 0 Å². The lowest BCUT2D eigenvalue weighted by Gasteiger charge is -2.10. The van der Waals surface area contributed by atoms with Crippen LogP contribution in [0.5, 0.6) is 0 Å². The van der Waals surface area contributed by atoms with Crippen LogP contribution in [0.4, 0.5) is 5.82 Å². The molecule has 0 N–H and O–H groups in total. The highest BCUT2D eigenvalue weighted by Gasteiger charge is 2.01. The first-order chi connectivity index (χ1) is 5.79. The maximum atomic E-state index is 4.26. The number of nitrogens with zero attached hydrogens (tertiary/aromatic N) is 3. The number of hydrogen-bond donors (Lipinski definition) is 0. The first kappa shape index (κ1) is 7.16. The monoisotopic (exact) mass is 161 g/mol. The largest absolute Gasteiger partial charge is 0.363 e. The molecule has 0 atom stereocenters. The summed E-state index contributed by atoms with van der Waals surface area (Å²) in [6, 6.07) is 5.98. The Hall–Kier alpha value is -1.51. The third-order valence-electron chi connectivity index (χ3n) is 1.86. The lowest BCUT2D eigenvalue weighted by molar-refractivity contribution is 1.04. The van der Waals surface area contributed by atoms with E-state index in [1.807, 2.05) is 49.6 Å². The van der Waals surface area contributed by atoms with Gasteiger partial charge in [-0.2, -0.15) is 0 Å². The zero-order valence-electron chi connectivity index (χ0n) is 7.23. The molecule has 2 heterocycles. The molecule has 62 valence electrons. The fraction of sp³-hybridized carbons (Fsp3) is 0.222. The van der Waals surface area contributed by atoms with E-state index in [4.69, 9.17) is 0 Å². The molecule has 0 aromatic carbocycles. The lowest BCUT2D eigenvalue weighted by atomic mass is 10.5. The molecule has 0 fully saturated rings. The van der Waals surface area contributed by atoms with Crippen LogP contribution in [0, 0.1) is 0 Å². The minimum Gasteiger partial charge on any atom is -0.363 e. The van der Waals surface area contributed by atoms with Crippen molar-refractivity contribution in [2.24, 2.45) is 0 Å². The molecule has 0 spiro atoms. The predicted molar refractivity (Wildman–Crippen MR) is 49.5 cm³/mol. The van der Waals surface area contributed by atoms with E-state index >= 15 is 0 Å². The molecular formula is C9H11N3. The Morgan fingerprint density at radius 3 is 2.92 bits per heavy atom. The van der Waals surface area contributed by atoms with E-state index in [1.165, 1.54) is 0 Å². The zero-order chi connectivity index (χ0) is 8.55. The Labute approximate surface area is 71.3 Å². The fourth-order valence-electron chi connectivity index (χ4n) is 1.25. The van der Waals surface area contributed by atoms with E-state index in [1.54, 1.807) is 0 Å². The van der Waals surface area contributed by atoms with Gasteiger partial charge in [-0.25, -0.2) is 4.98 Å². The molecule has 0 bridgehead atoms. The van der Waals surface area contributed by atoms with Crippen LogP contribution in [0.3, 0.4) is 0 Å². The van der Waals surface area contributed by atoms with Crippen molar-refractivity contribution in [1.29, 1.82) is 0 Å². The summed E-state index contributed by atoms with van der Waals surface area (Å²) in [7, 11) is 4.02. The van der Waals surface area contributed by atoms with Gasteiger partial charge in [-0.15, -0.1) is 0 Å². The van der Waals surface area contributed by atoms with Crippen LogP contribution >= 0.6 is 0 Å². The van der Waals surface area contributed by atoms with Crippen LogP contribution in [0.1, 0.15) is 0 Å². The molecule has 2 aromatic rings. The van der Waals surface area contributed by atoms with E-state index in [-0.39, 0.29) is 0 Å². The van der Waals surface area contributed by atoms with Crippen molar-refractivity contribution in [2.75, 3.05) is 19.0 Å². The first-order valence-corrected chi connectivity index (χ1v) is 3.88. The highest BCUT2D eigenvalue weighted by Crippen LogP contribution is 2.12. The Kier molecular flexibility index (Phi) is 1.50. The summed E-state index contributed by atoms with van der Waals surface area (Å²) in [5.74, 6) is 1.10. The van der Waals surface area contributed by atoms with Crippen LogP contribution < -0.4 is 4.90 Å². The van der Waals surface area contributed by atoms with Crippen molar-refractivity contribution in [2.45, 2.75) is 0 Å². The van der Waals surface area contributed by atoms with Crippen molar-refractivity contribution in [3.8, 4) is 0 Å². The number of anilines is 1. The second-order valence-corrected chi connectivity index (χ2v) is 2.94. The highest BCUT2D eigenvalue weighted by atomic mass is 15.2. The van der Waals surface area contributed by atoms with Crippen molar-refractivity contribution in [1.82, 2.24) is 9.38 Å². The second-order valence-electron chi connectivity index (χ2n) is 2.94. The van der Waals surface area contributed by atoms with Gasteiger partial charge in [-0.3, -0.25) is 4.40 Å². The quantitative estimate of drug-likeness (QED) is 0.630. The Bertz CT molecular complexity index is 389. The normalized spacial score (nSPS) is 10.5. The summed E-state index contributed by atoms with van der Waals surface area (Å²) in [5, 5.41) is 0. The van der Waals surface area contributed by atoms with Gasteiger partial charge in [0.1, 0.15) is 11.5 Å². The Morgan fingerprint density at radius 1 is 1.33 bits per heavy atom. The molecule has 0 aliphatic carbocycles. The first-order valence-electron chi connectivity index (χ1n) is 3.88. The van der Waals surface area contributed by atoms with Crippen molar-refractivity contribution >= 4 is 11.5 Å². The van der Waals surface area contributed by atoms with Gasteiger partial charge in [0, 0.05) is 20.3 Å². The second kappa shape index (κ2) is 2.52. The van der Waals surface area contributed by atoms with Gasteiger partial charge in [0.15, 0.2) is 0 Å². The molecule has 0 unspecified atom stereocenters. The molecule has 3 heteroatoms. The van der Waals surface area contributed by atoms with Crippen LogP contribution in [0.15, 0.2) is 30.6 Å². The third-order valence-corrected chi connectivity index (χ3v) is 1.86. The van der Waals surface area contributed by atoms with Gasteiger partial charge in [0.2, 0.25) is 0 Å². The number of imidazole rings is 1. The van der Waals surface area contributed by atoms with Crippen LogP contribution in [0.25, 0.3) is 5.65 Å². The van der Waals surface area contributed by atoms with Crippen LogP contribution in [-0.2, 0) is 0 Å². The molecule has 0 aliphatic rings. The number of rotatable bonds is 1. The van der Waals surface area contributed by atoms with Crippen molar-refractivity contribution in [3.63, 3.8) is 0 Å². The molecular weight excluding hydrogens is 150 g/mol. The van der Waals surface area contributed by atoms with E-state index in [0.717, 1.165) is 11.5 Å². The molecule has 0 saturated heterocycles. The van der Waals surface area contributed by atoms with Gasteiger partial charge in [-0.1, -0.05) is 6.07 Å². The summed E-state index contributed by atoms with van der Waals surface area (Å²) in [5.41, 5.74) is 0.987.